The number of nitrogen functional groups attached to an aromatic ring is 1. The Morgan fingerprint density at radius 2 is 1.85 bits per heavy atom. The van der Waals surface area contributed by atoms with Crippen LogP contribution in [-0.4, -0.2) is 25.2 Å². The van der Waals surface area contributed by atoms with Crippen LogP contribution in [0.1, 0.15) is 30.1 Å². The van der Waals surface area contributed by atoms with Crippen LogP contribution in [0.2, 0.25) is 0 Å². The summed E-state index contributed by atoms with van der Waals surface area (Å²) in [6, 6.07) is 1.29. The van der Waals surface area contributed by atoms with Gasteiger partial charge in [0, 0.05) is 11.8 Å². The molecule has 0 amide bonds. The summed E-state index contributed by atoms with van der Waals surface area (Å²) in [5, 5.41) is 0. The maximum atomic E-state index is 13.0. The molecule has 0 heterocycles. The van der Waals surface area contributed by atoms with Crippen molar-refractivity contribution in [2.75, 3.05) is 18.9 Å². The summed E-state index contributed by atoms with van der Waals surface area (Å²) < 4.78 is 35.2. The van der Waals surface area contributed by atoms with Crippen molar-refractivity contribution in [1.29, 1.82) is 0 Å². The van der Waals surface area contributed by atoms with Crippen molar-refractivity contribution >= 4 is 17.6 Å². The van der Waals surface area contributed by atoms with Gasteiger partial charge >= 0.3 is 11.9 Å². The molecule has 7 heteroatoms. The van der Waals surface area contributed by atoms with Gasteiger partial charge in [-0.15, -0.1) is 0 Å². The molecule has 20 heavy (non-hydrogen) atoms. The lowest BCUT2D eigenvalue weighted by Gasteiger charge is -2.07. The van der Waals surface area contributed by atoms with Crippen molar-refractivity contribution in [3.8, 4) is 0 Å². The fourth-order valence-corrected chi connectivity index (χ4v) is 1.31. The van der Waals surface area contributed by atoms with E-state index in [1.807, 2.05) is 6.92 Å². The number of hydrogen-bond acceptors (Lipinski definition) is 5. The monoisotopic (exact) mass is 287 g/mol. The molecule has 0 aliphatic carbocycles. The molecule has 0 radical (unpaired) electrons. The molecule has 5 nitrogen and oxygen atoms in total. The number of rotatable bonds is 6. The van der Waals surface area contributed by atoms with Gasteiger partial charge in [-0.2, -0.15) is 0 Å². The number of carbonyl (C=O) groups is 2. The van der Waals surface area contributed by atoms with E-state index in [4.69, 9.17) is 10.5 Å². The highest BCUT2D eigenvalue weighted by atomic mass is 19.2. The Morgan fingerprint density at radius 1 is 1.20 bits per heavy atom. The first-order valence-electron chi connectivity index (χ1n) is 6.03. The van der Waals surface area contributed by atoms with Gasteiger partial charge in [-0.3, -0.25) is 0 Å². The number of nitrogens with two attached hydrogens (primary N) is 1. The van der Waals surface area contributed by atoms with E-state index in [9.17, 15) is 18.4 Å². The zero-order chi connectivity index (χ0) is 15.1. The van der Waals surface area contributed by atoms with Crippen LogP contribution in [0.5, 0.6) is 0 Å². The van der Waals surface area contributed by atoms with E-state index < -0.39 is 30.2 Å². The summed E-state index contributed by atoms with van der Waals surface area (Å²) in [6.45, 7) is 1.56. The molecule has 0 saturated heterocycles. The highest BCUT2D eigenvalue weighted by molar-refractivity contribution is 5.95. The molecule has 0 spiro atoms. The van der Waals surface area contributed by atoms with Crippen LogP contribution in [-0.2, 0) is 14.3 Å². The molecule has 0 aliphatic heterocycles. The summed E-state index contributed by atoms with van der Waals surface area (Å²) in [6.07, 6.45) is 1.56. The number of hydrogen-bond donors (Lipinski definition) is 1. The Morgan fingerprint density at radius 3 is 2.50 bits per heavy atom. The number of carbonyl (C=O) groups excluding carboxylic acids is 2. The lowest BCUT2D eigenvalue weighted by molar-refractivity contribution is -0.147. The normalized spacial score (nSPS) is 10.2. The molecule has 0 aliphatic rings. The summed E-state index contributed by atoms with van der Waals surface area (Å²) >= 11 is 0. The van der Waals surface area contributed by atoms with Crippen LogP contribution in [0.15, 0.2) is 12.1 Å². The number of halogens is 2. The van der Waals surface area contributed by atoms with E-state index >= 15 is 0 Å². The summed E-state index contributed by atoms with van der Waals surface area (Å²) in [5.74, 6) is -4.13. The molecule has 0 atom stereocenters. The fraction of sp³-hybridized carbons (Fsp3) is 0.385. The minimum atomic E-state index is -1.23. The number of unbranched alkanes of at least 4 members (excludes halogenated alkanes) is 1. The van der Waals surface area contributed by atoms with Crippen LogP contribution in [0, 0.1) is 11.6 Å². The molecular weight excluding hydrogens is 272 g/mol. The Balaban J connectivity index is 2.55. The van der Waals surface area contributed by atoms with Gasteiger partial charge in [0.2, 0.25) is 0 Å². The van der Waals surface area contributed by atoms with E-state index in [0.717, 1.165) is 6.42 Å². The second-order valence-corrected chi connectivity index (χ2v) is 4.00. The number of esters is 2. The van der Waals surface area contributed by atoms with Crippen molar-refractivity contribution in [2.24, 2.45) is 0 Å². The standard InChI is InChI=1S/C13H15F2NO4/c1-2-3-4-19-12(17)7-20-13(18)8-5-9(14)10(15)6-11(8)16/h5-6H,2-4,7,16H2,1H3. The Labute approximate surface area is 114 Å². The first-order valence-corrected chi connectivity index (χ1v) is 6.03. The van der Waals surface area contributed by atoms with Crippen molar-refractivity contribution in [1.82, 2.24) is 0 Å². The topological polar surface area (TPSA) is 78.6 Å². The smallest absolute Gasteiger partial charge is 0.344 e. The quantitative estimate of drug-likeness (QED) is 0.492. The molecule has 0 aromatic heterocycles. The lowest BCUT2D eigenvalue weighted by atomic mass is 10.1. The van der Waals surface area contributed by atoms with Crippen molar-refractivity contribution in [2.45, 2.75) is 19.8 Å². The molecule has 110 valence electrons. The van der Waals surface area contributed by atoms with Crippen molar-refractivity contribution < 1.29 is 27.8 Å². The number of anilines is 1. The van der Waals surface area contributed by atoms with Crippen LogP contribution >= 0.6 is 0 Å². The molecule has 1 aromatic rings. The predicted molar refractivity (Wildman–Crippen MR) is 66.9 cm³/mol. The average molecular weight is 287 g/mol. The van der Waals surface area contributed by atoms with Gasteiger partial charge in [0.25, 0.3) is 0 Å². The summed E-state index contributed by atoms with van der Waals surface area (Å²) in [7, 11) is 0. The minimum Gasteiger partial charge on any atom is -0.463 e. The van der Waals surface area contributed by atoms with Crippen LogP contribution in [0.25, 0.3) is 0 Å². The molecule has 0 saturated carbocycles. The Hall–Kier alpha value is -2.18. The highest BCUT2D eigenvalue weighted by Crippen LogP contribution is 2.17. The molecule has 0 unspecified atom stereocenters. The van der Waals surface area contributed by atoms with E-state index in [1.165, 1.54) is 0 Å². The van der Waals surface area contributed by atoms with Gasteiger partial charge in [0.1, 0.15) is 0 Å². The Bertz CT molecular complexity index is 505. The lowest BCUT2D eigenvalue weighted by Crippen LogP contribution is -2.18. The fourth-order valence-electron chi connectivity index (χ4n) is 1.31. The van der Waals surface area contributed by atoms with Gasteiger partial charge < -0.3 is 15.2 Å². The van der Waals surface area contributed by atoms with Gasteiger partial charge in [-0.25, -0.2) is 18.4 Å². The SMILES string of the molecule is CCCCOC(=O)COC(=O)c1cc(F)c(F)cc1N. The molecule has 2 N–H and O–H groups in total. The summed E-state index contributed by atoms with van der Waals surface area (Å²) in [5.41, 5.74) is 4.76. The molecular formula is C13H15F2NO4. The van der Waals surface area contributed by atoms with E-state index in [0.29, 0.717) is 18.6 Å². The second-order valence-electron chi connectivity index (χ2n) is 4.00. The van der Waals surface area contributed by atoms with Crippen molar-refractivity contribution in [3.05, 3.63) is 29.3 Å². The Kier molecular flexibility index (Phi) is 5.89. The van der Waals surface area contributed by atoms with E-state index in [2.05, 4.69) is 4.74 Å². The van der Waals surface area contributed by atoms with Gasteiger partial charge in [0.05, 0.1) is 12.2 Å². The van der Waals surface area contributed by atoms with Crippen molar-refractivity contribution in [3.63, 3.8) is 0 Å². The maximum absolute atomic E-state index is 13.0. The third-order valence-electron chi connectivity index (χ3n) is 2.39. The van der Waals surface area contributed by atoms with Crippen LogP contribution in [0.3, 0.4) is 0 Å². The summed E-state index contributed by atoms with van der Waals surface area (Å²) in [4.78, 5) is 22.8. The zero-order valence-electron chi connectivity index (χ0n) is 10.9. The predicted octanol–water partition coefficient (Wildman–Crippen LogP) is 2.05. The zero-order valence-corrected chi connectivity index (χ0v) is 10.9. The van der Waals surface area contributed by atoms with Crippen LogP contribution < -0.4 is 5.73 Å². The maximum Gasteiger partial charge on any atom is 0.344 e. The third-order valence-corrected chi connectivity index (χ3v) is 2.39. The number of ether oxygens (including phenoxy) is 2. The van der Waals surface area contributed by atoms with Gasteiger partial charge in [-0.05, 0) is 12.5 Å². The van der Waals surface area contributed by atoms with E-state index in [-0.39, 0.29) is 17.9 Å². The average Bonchev–Trinajstić information content (AvgIpc) is 2.40. The largest absolute Gasteiger partial charge is 0.463 e. The highest BCUT2D eigenvalue weighted by Gasteiger charge is 2.17. The molecule has 0 fully saturated rings. The second kappa shape index (κ2) is 7.42. The van der Waals surface area contributed by atoms with Crippen LogP contribution in [0.4, 0.5) is 14.5 Å². The molecule has 0 bridgehead atoms. The molecule has 1 aromatic carbocycles. The first-order chi connectivity index (χ1) is 9.45. The van der Waals surface area contributed by atoms with E-state index in [1.54, 1.807) is 0 Å². The third kappa shape index (κ3) is 4.49. The first kappa shape index (κ1) is 15.9. The number of benzene rings is 1. The van der Waals surface area contributed by atoms with Gasteiger partial charge in [0.15, 0.2) is 18.2 Å². The minimum absolute atomic E-state index is 0.236. The molecule has 1 rings (SSSR count). The van der Waals surface area contributed by atoms with Gasteiger partial charge in [-0.1, -0.05) is 13.3 Å².